The molecular formula is C13H19NO2. The zero-order valence-corrected chi connectivity index (χ0v) is 9.65. The lowest BCUT2D eigenvalue weighted by Gasteiger charge is -2.19. The van der Waals surface area contributed by atoms with Gasteiger partial charge in [0.2, 0.25) is 0 Å². The van der Waals surface area contributed by atoms with Crippen molar-refractivity contribution in [2.75, 3.05) is 13.2 Å². The lowest BCUT2D eigenvalue weighted by atomic mass is 10.0. The number of nitrogens with one attached hydrogen (secondary N) is 1. The highest BCUT2D eigenvalue weighted by atomic mass is 16.5. The van der Waals surface area contributed by atoms with Crippen molar-refractivity contribution in [3.8, 4) is 5.75 Å². The van der Waals surface area contributed by atoms with Crippen molar-refractivity contribution >= 4 is 0 Å². The van der Waals surface area contributed by atoms with Crippen molar-refractivity contribution in [3.63, 3.8) is 0 Å². The van der Waals surface area contributed by atoms with Gasteiger partial charge >= 0.3 is 0 Å². The second-order valence-corrected chi connectivity index (χ2v) is 4.34. The molecule has 0 aromatic heterocycles. The summed E-state index contributed by atoms with van der Waals surface area (Å²) in [5, 5.41) is 12.7. The summed E-state index contributed by atoms with van der Waals surface area (Å²) in [5.74, 6) is 0.975. The van der Waals surface area contributed by atoms with Crippen molar-refractivity contribution in [3.05, 3.63) is 29.8 Å². The third-order valence-corrected chi connectivity index (χ3v) is 2.85. The largest absolute Gasteiger partial charge is 0.493 e. The van der Waals surface area contributed by atoms with E-state index in [0.717, 1.165) is 25.2 Å². The van der Waals surface area contributed by atoms with Crippen LogP contribution in [0.3, 0.4) is 0 Å². The Morgan fingerprint density at radius 1 is 1.50 bits per heavy atom. The number of benzene rings is 1. The van der Waals surface area contributed by atoms with Crippen LogP contribution in [0.5, 0.6) is 5.75 Å². The molecule has 3 nitrogen and oxygen atoms in total. The first-order valence-corrected chi connectivity index (χ1v) is 5.90. The van der Waals surface area contributed by atoms with E-state index in [1.807, 2.05) is 18.2 Å². The Kier molecular flexibility index (Phi) is 3.80. The minimum absolute atomic E-state index is 0.299. The number of rotatable bonds is 3. The molecule has 1 aromatic rings. The molecular weight excluding hydrogens is 202 g/mol. The Morgan fingerprint density at radius 3 is 3.12 bits per heavy atom. The van der Waals surface area contributed by atoms with Gasteiger partial charge in [0.15, 0.2) is 0 Å². The van der Waals surface area contributed by atoms with Gasteiger partial charge in [0.25, 0.3) is 0 Å². The van der Waals surface area contributed by atoms with E-state index >= 15 is 0 Å². The molecule has 2 rings (SSSR count). The highest BCUT2D eigenvalue weighted by molar-refractivity contribution is 5.36. The van der Waals surface area contributed by atoms with Gasteiger partial charge in [-0.25, -0.2) is 0 Å². The van der Waals surface area contributed by atoms with Crippen molar-refractivity contribution in [2.45, 2.75) is 31.9 Å². The van der Waals surface area contributed by atoms with E-state index in [2.05, 4.69) is 11.4 Å². The summed E-state index contributed by atoms with van der Waals surface area (Å²) < 4.78 is 5.68. The third kappa shape index (κ3) is 2.74. The van der Waals surface area contributed by atoms with Crippen LogP contribution in [-0.2, 0) is 0 Å². The Hall–Kier alpha value is -1.06. The molecule has 88 valence electrons. The van der Waals surface area contributed by atoms with Crippen molar-refractivity contribution in [2.24, 2.45) is 0 Å². The summed E-state index contributed by atoms with van der Waals surface area (Å²) in [6, 6.07) is 8.44. The van der Waals surface area contributed by atoms with Crippen LogP contribution in [0.15, 0.2) is 24.3 Å². The van der Waals surface area contributed by atoms with Crippen LogP contribution in [0, 0.1) is 0 Å². The first-order chi connectivity index (χ1) is 7.77. The molecule has 0 radical (unpaired) electrons. The van der Waals surface area contributed by atoms with Gasteiger partial charge in [-0.3, -0.25) is 0 Å². The molecule has 2 unspecified atom stereocenters. The van der Waals surface area contributed by atoms with Gasteiger partial charge in [0.1, 0.15) is 5.75 Å². The lowest BCUT2D eigenvalue weighted by molar-refractivity contribution is 0.185. The minimum atomic E-state index is -0.309. The number of fused-ring (bicyclic) bond motifs is 1. The molecule has 0 spiro atoms. The van der Waals surface area contributed by atoms with Crippen LogP contribution in [-0.4, -0.2) is 24.4 Å². The van der Waals surface area contributed by atoms with Crippen LogP contribution >= 0.6 is 0 Å². The summed E-state index contributed by atoms with van der Waals surface area (Å²) in [7, 11) is 0. The average Bonchev–Trinajstić information content (AvgIpc) is 2.48. The fraction of sp³-hybridized carbons (Fsp3) is 0.538. The molecule has 16 heavy (non-hydrogen) atoms. The molecule has 0 aliphatic carbocycles. The highest BCUT2D eigenvalue weighted by Gasteiger charge is 2.18. The van der Waals surface area contributed by atoms with Crippen LogP contribution in [0.4, 0.5) is 0 Å². The molecule has 2 atom stereocenters. The zero-order valence-electron chi connectivity index (χ0n) is 9.65. The summed E-state index contributed by atoms with van der Waals surface area (Å²) in [4.78, 5) is 0. The van der Waals surface area contributed by atoms with Gasteiger partial charge < -0.3 is 15.2 Å². The fourth-order valence-electron chi connectivity index (χ4n) is 2.05. The lowest BCUT2D eigenvalue weighted by Crippen LogP contribution is -2.28. The zero-order chi connectivity index (χ0) is 11.4. The molecule has 2 N–H and O–H groups in total. The Morgan fingerprint density at radius 2 is 2.31 bits per heavy atom. The smallest absolute Gasteiger partial charge is 0.124 e. The predicted molar refractivity (Wildman–Crippen MR) is 63.6 cm³/mol. The highest BCUT2D eigenvalue weighted by Crippen LogP contribution is 2.30. The van der Waals surface area contributed by atoms with Crippen molar-refractivity contribution < 1.29 is 9.84 Å². The molecule has 1 heterocycles. The predicted octanol–water partition coefficient (Wildman–Crippen LogP) is 1.87. The molecule has 0 saturated carbocycles. The molecule has 0 amide bonds. The van der Waals surface area contributed by atoms with E-state index < -0.39 is 0 Å². The fourth-order valence-corrected chi connectivity index (χ4v) is 2.05. The van der Waals surface area contributed by atoms with Crippen molar-refractivity contribution in [1.82, 2.24) is 5.32 Å². The summed E-state index contributed by atoms with van der Waals surface area (Å²) in [6.07, 6.45) is 1.80. The molecule has 0 fully saturated rings. The second-order valence-electron chi connectivity index (χ2n) is 4.34. The number of hydrogen-bond acceptors (Lipinski definition) is 3. The number of para-hydroxylation sites is 1. The van der Waals surface area contributed by atoms with Gasteiger partial charge in [0.05, 0.1) is 12.7 Å². The maximum absolute atomic E-state index is 9.31. The normalized spacial score (nSPS) is 21.8. The number of aliphatic hydroxyl groups excluding tert-OH is 1. The van der Waals surface area contributed by atoms with Gasteiger partial charge in [-0.15, -0.1) is 0 Å². The van der Waals surface area contributed by atoms with Gasteiger partial charge in [-0.2, -0.15) is 0 Å². The van der Waals surface area contributed by atoms with E-state index in [0.29, 0.717) is 12.6 Å². The minimum Gasteiger partial charge on any atom is -0.493 e. The van der Waals surface area contributed by atoms with Crippen LogP contribution in [0.25, 0.3) is 0 Å². The molecule has 0 bridgehead atoms. The maximum atomic E-state index is 9.31. The second kappa shape index (κ2) is 5.32. The molecule has 1 aliphatic heterocycles. The first kappa shape index (κ1) is 11.4. The van der Waals surface area contributed by atoms with Crippen LogP contribution in [0.1, 0.15) is 31.4 Å². The van der Waals surface area contributed by atoms with E-state index in [-0.39, 0.29) is 6.10 Å². The molecule has 3 heteroatoms. The van der Waals surface area contributed by atoms with Gasteiger partial charge in [0, 0.05) is 18.2 Å². The van der Waals surface area contributed by atoms with E-state index in [1.54, 1.807) is 6.92 Å². The Bertz CT molecular complexity index is 338. The molecule has 1 aromatic carbocycles. The number of ether oxygens (including phenoxy) is 1. The standard InChI is InChI=1S/C13H19NO2/c1-10(15)9-14-12-6-4-8-16-13-7-3-2-5-11(12)13/h2-3,5,7,10,12,14-15H,4,6,8-9H2,1H3. The number of aliphatic hydroxyl groups is 1. The van der Waals surface area contributed by atoms with Crippen LogP contribution in [0.2, 0.25) is 0 Å². The molecule has 0 saturated heterocycles. The van der Waals surface area contributed by atoms with E-state index in [4.69, 9.17) is 4.74 Å². The Balaban J connectivity index is 2.12. The summed E-state index contributed by atoms with van der Waals surface area (Å²) >= 11 is 0. The van der Waals surface area contributed by atoms with E-state index in [1.165, 1.54) is 5.56 Å². The first-order valence-electron chi connectivity index (χ1n) is 5.90. The maximum Gasteiger partial charge on any atom is 0.124 e. The monoisotopic (exact) mass is 221 g/mol. The van der Waals surface area contributed by atoms with Gasteiger partial charge in [-0.1, -0.05) is 18.2 Å². The molecule has 1 aliphatic rings. The SMILES string of the molecule is CC(O)CNC1CCCOc2ccccc21. The van der Waals surface area contributed by atoms with Crippen molar-refractivity contribution in [1.29, 1.82) is 0 Å². The van der Waals surface area contributed by atoms with E-state index in [9.17, 15) is 5.11 Å². The average molecular weight is 221 g/mol. The third-order valence-electron chi connectivity index (χ3n) is 2.85. The van der Waals surface area contributed by atoms with Gasteiger partial charge in [-0.05, 0) is 25.8 Å². The summed E-state index contributed by atoms with van der Waals surface area (Å²) in [5.41, 5.74) is 1.21. The quantitative estimate of drug-likeness (QED) is 0.818. The van der Waals surface area contributed by atoms with Crippen LogP contribution < -0.4 is 10.1 Å². The Labute approximate surface area is 96.4 Å². The number of hydrogen-bond donors (Lipinski definition) is 2. The topological polar surface area (TPSA) is 41.5 Å². The summed E-state index contributed by atoms with van der Waals surface area (Å²) in [6.45, 7) is 3.20.